The van der Waals surface area contributed by atoms with Crippen molar-refractivity contribution in [3.63, 3.8) is 0 Å². The van der Waals surface area contributed by atoms with Crippen molar-refractivity contribution in [2.75, 3.05) is 0 Å². The molecule has 0 aromatic carbocycles. The lowest BCUT2D eigenvalue weighted by Crippen LogP contribution is -2.09. The van der Waals surface area contributed by atoms with E-state index in [4.69, 9.17) is 0 Å². The zero-order chi connectivity index (χ0) is 10.4. The largest absolute Gasteiger partial charge is 0.247 e. The van der Waals surface area contributed by atoms with Gasteiger partial charge in [0.2, 0.25) is 0 Å². The molecule has 0 radical (unpaired) electrons. The van der Waals surface area contributed by atoms with Gasteiger partial charge in [-0.05, 0) is 13.8 Å². The molecule has 0 N–H and O–H groups in total. The lowest BCUT2D eigenvalue weighted by atomic mass is 10.2. The van der Waals surface area contributed by atoms with Crippen molar-refractivity contribution >= 4 is 0 Å². The van der Waals surface area contributed by atoms with Gasteiger partial charge in [0.05, 0.1) is 0 Å². The average Bonchev–Trinajstić information content (AvgIpc) is 2.55. The Kier molecular flexibility index (Phi) is 5.35. The topological polar surface area (TPSA) is 30.7 Å². The fraction of sp³-hybridized carbons (Fsp3) is 0.800. The summed E-state index contributed by atoms with van der Waals surface area (Å²) in [6.07, 6.45) is 1.62. The van der Waals surface area contributed by atoms with Crippen LogP contribution in [0.1, 0.15) is 59.3 Å². The first kappa shape index (κ1) is 12.1. The molecule has 0 aliphatic heterocycles. The molecular formula is C10H21N3. The van der Waals surface area contributed by atoms with E-state index in [1.807, 2.05) is 18.5 Å². The Balaban J connectivity index is 0.000000671. The molecule has 13 heavy (non-hydrogen) atoms. The standard InChI is InChI=1S/C8H15N3.C2H6/c1-6(2)8-9-5-10-11(8)7(3)4;1-2/h5-7H,1-4H3;1-2H3. The van der Waals surface area contributed by atoms with Crippen LogP contribution in [0.2, 0.25) is 0 Å². The van der Waals surface area contributed by atoms with Crippen LogP contribution in [-0.2, 0) is 0 Å². The van der Waals surface area contributed by atoms with Gasteiger partial charge in [-0.2, -0.15) is 5.10 Å². The molecule has 0 saturated carbocycles. The first-order valence-electron chi connectivity index (χ1n) is 5.02. The summed E-state index contributed by atoms with van der Waals surface area (Å²) in [6, 6.07) is 0.412. The third-order valence-electron chi connectivity index (χ3n) is 1.61. The van der Waals surface area contributed by atoms with Gasteiger partial charge in [0, 0.05) is 12.0 Å². The van der Waals surface area contributed by atoms with Gasteiger partial charge >= 0.3 is 0 Å². The van der Waals surface area contributed by atoms with Crippen LogP contribution in [0.5, 0.6) is 0 Å². The predicted octanol–water partition coefficient (Wildman–Crippen LogP) is 3.01. The summed E-state index contributed by atoms with van der Waals surface area (Å²) in [7, 11) is 0. The van der Waals surface area contributed by atoms with Crippen LogP contribution in [0.25, 0.3) is 0 Å². The fourth-order valence-electron chi connectivity index (χ4n) is 1.07. The van der Waals surface area contributed by atoms with E-state index in [1.165, 1.54) is 0 Å². The monoisotopic (exact) mass is 183 g/mol. The maximum absolute atomic E-state index is 4.19. The van der Waals surface area contributed by atoms with Gasteiger partial charge in [0.1, 0.15) is 12.2 Å². The lowest BCUT2D eigenvalue weighted by Gasteiger charge is -2.10. The molecule has 0 saturated heterocycles. The SMILES string of the molecule is CC.CC(C)c1ncnn1C(C)C. The summed E-state index contributed by atoms with van der Waals surface area (Å²) in [6.45, 7) is 12.5. The highest BCUT2D eigenvalue weighted by molar-refractivity contribution is 4.92. The van der Waals surface area contributed by atoms with Crippen LogP contribution < -0.4 is 0 Å². The van der Waals surface area contributed by atoms with Gasteiger partial charge in [-0.3, -0.25) is 0 Å². The second-order valence-corrected chi connectivity index (χ2v) is 3.31. The summed E-state index contributed by atoms with van der Waals surface area (Å²) >= 11 is 0. The van der Waals surface area contributed by atoms with Crippen LogP contribution in [0.4, 0.5) is 0 Å². The molecule has 0 spiro atoms. The van der Waals surface area contributed by atoms with Crippen molar-refractivity contribution in [1.29, 1.82) is 0 Å². The number of rotatable bonds is 2. The predicted molar refractivity (Wildman–Crippen MR) is 55.8 cm³/mol. The molecule has 0 bridgehead atoms. The Hall–Kier alpha value is -0.860. The van der Waals surface area contributed by atoms with E-state index >= 15 is 0 Å². The van der Waals surface area contributed by atoms with Gasteiger partial charge < -0.3 is 0 Å². The summed E-state index contributed by atoms with van der Waals surface area (Å²) in [5, 5.41) is 4.14. The highest BCUT2D eigenvalue weighted by atomic mass is 15.3. The number of hydrogen-bond donors (Lipinski definition) is 0. The molecule has 3 nitrogen and oxygen atoms in total. The summed E-state index contributed by atoms with van der Waals surface area (Å²) < 4.78 is 1.96. The molecule has 1 heterocycles. The molecule has 76 valence electrons. The third kappa shape index (κ3) is 3.17. The Labute approximate surface area is 81.2 Å². The Morgan fingerprint density at radius 2 is 1.69 bits per heavy atom. The molecular weight excluding hydrogens is 162 g/mol. The van der Waals surface area contributed by atoms with Gasteiger partial charge in [-0.25, -0.2) is 9.67 Å². The van der Waals surface area contributed by atoms with Gasteiger partial charge in [0.25, 0.3) is 0 Å². The maximum Gasteiger partial charge on any atom is 0.138 e. The molecule has 3 heteroatoms. The Morgan fingerprint density at radius 1 is 1.15 bits per heavy atom. The normalized spacial score (nSPS) is 10.2. The summed E-state index contributed by atoms with van der Waals surface area (Å²) in [5.74, 6) is 1.53. The number of hydrogen-bond acceptors (Lipinski definition) is 2. The van der Waals surface area contributed by atoms with E-state index < -0.39 is 0 Å². The molecule has 0 amide bonds. The summed E-state index contributed by atoms with van der Waals surface area (Å²) in [4.78, 5) is 4.19. The Morgan fingerprint density at radius 3 is 2.00 bits per heavy atom. The molecule has 0 unspecified atom stereocenters. The first-order valence-corrected chi connectivity index (χ1v) is 5.02. The number of nitrogens with zero attached hydrogens (tertiary/aromatic N) is 3. The van der Waals surface area contributed by atoms with Crippen LogP contribution in [0.15, 0.2) is 6.33 Å². The second kappa shape index (κ2) is 5.73. The van der Waals surface area contributed by atoms with Crippen LogP contribution in [-0.4, -0.2) is 14.8 Å². The fourth-order valence-corrected chi connectivity index (χ4v) is 1.07. The van der Waals surface area contributed by atoms with E-state index in [-0.39, 0.29) is 0 Å². The van der Waals surface area contributed by atoms with Crippen molar-refractivity contribution < 1.29 is 0 Å². The van der Waals surface area contributed by atoms with Crippen molar-refractivity contribution in [2.45, 2.75) is 53.5 Å². The minimum absolute atomic E-state index is 0.412. The van der Waals surface area contributed by atoms with Gasteiger partial charge in [0.15, 0.2) is 0 Å². The first-order chi connectivity index (χ1) is 6.13. The van der Waals surface area contributed by atoms with Gasteiger partial charge in [-0.15, -0.1) is 0 Å². The van der Waals surface area contributed by atoms with Crippen LogP contribution >= 0.6 is 0 Å². The molecule has 1 aromatic heterocycles. The zero-order valence-electron chi connectivity index (χ0n) is 9.57. The molecule has 1 rings (SSSR count). The van der Waals surface area contributed by atoms with E-state index in [1.54, 1.807) is 6.33 Å². The van der Waals surface area contributed by atoms with Crippen LogP contribution in [0.3, 0.4) is 0 Å². The van der Waals surface area contributed by atoms with Crippen LogP contribution in [0, 0.1) is 0 Å². The Bertz CT molecular complexity index is 203. The van der Waals surface area contributed by atoms with Crippen molar-refractivity contribution in [1.82, 2.24) is 14.8 Å². The van der Waals surface area contributed by atoms with E-state index in [0.717, 1.165) is 5.82 Å². The molecule has 0 atom stereocenters. The highest BCUT2D eigenvalue weighted by Crippen LogP contribution is 2.13. The minimum Gasteiger partial charge on any atom is -0.247 e. The number of aromatic nitrogens is 3. The van der Waals surface area contributed by atoms with E-state index in [9.17, 15) is 0 Å². The van der Waals surface area contributed by atoms with Crippen molar-refractivity contribution in [3.05, 3.63) is 12.2 Å². The second-order valence-electron chi connectivity index (χ2n) is 3.31. The zero-order valence-corrected chi connectivity index (χ0v) is 9.57. The van der Waals surface area contributed by atoms with Gasteiger partial charge in [-0.1, -0.05) is 27.7 Å². The third-order valence-corrected chi connectivity index (χ3v) is 1.61. The van der Waals surface area contributed by atoms with Crippen molar-refractivity contribution in [3.8, 4) is 0 Å². The average molecular weight is 183 g/mol. The summed E-state index contributed by atoms with van der Waals surface area (Å²) in [5.41, 5.74) is 0. The van der Waals surface area contributed by atoms with E-state index in [2.05, 4.69) is 37.8 Å². The highest BCUT2D eigenvalue weighted by Gasteiger charge is 2.09. The smallest absolute Gasteiger partial charge is 0.138 e. The quantitative estimate of drug-likeness (QED) is 0.705. The van der Waals surface area contributed by atoms with E-state index in [0.29, 0.717) is 12.0 Å². The lowest BCUT2D eigenvalue weighted by molar-refractivity contribution is 0.492. The minimum atomic E-state index is 0.412. The molecule has 0 aliphatic carbocycles. The maximum atomic E-state index is 4.19. The molecule has 0 aliphatic rings. The molecule has 1 aromatic rings. The molecule has 0 fully saturated rings. The van der Waals surface area contributed by atoms with Crippen molar-refractivity contribution in [2.24, 2.45) is 0 Å².